The van der Waals surface area contributed by atoms with Gasteiger partial charge in [0.15, 0.2) is 0 Å². The van der Waals surface area contributed by atoms with Gasteiger partial charge < -0.3 is 15.2 Å². The Kier molecular flexibility index (Phi) is 5.23. The third-order valence-electron chi connectivity index (χ3n) is 2.59. The summed E-state index contributed by atoms with van der Waals surface area (Å²) in [6.45, 7) is 1.93. The van der Waals surface area contributed by atoms with Crippen molar-refractivity contribution in [2.75, 3.05) is 25.6 Å². The largest absolute Gasteiger partial charge is 0.389 e. The first-order chi connectivity index (χ1) is 8.99. The highest BCUT2D eigenvalue weighted by Gasteiger charge is 2.16. The van der Waals surface area contributed by atoms with E-state index < -0.39 is 11.0 Å². The average Bonchev–Trinajstić information content (AvgIpc) is 2.37. The Balaban J connectivity index is 2.97. The SMILES string of the molecule is COC[C@@H](O)CNc1cc(C#N)cc([N+](=O)[O-])c1C. The van der Waals surface area contributed by atoms with Gasteiger partial charge in [-0.15, -0.1) is 0 Å². The summed E-state index contributed by atoms with van der Waals surface area (Å²) in [6.07, 6.45) is -0.728. The molecule has 0 heterocycles. The van der Waals surface area contributed by atoms with Crippen molar-refractivity contribution in [1.29, 1.82) is 5.26 Å². The molecule has 7 nitrogen and oxygen atoms in total. The molecule has 1 rings (SSSR count). The number of aliphatic hydroxyl groups excluding tert-OH is 1. The number of hydrogen-bond donors (Lipinski definition) is 2. The molecule has 19 heavy (non-hydrogen) atoms. The number of methoxy groups -OCH3 is 1. The Morgan fingerprint density at radius 2 is 2.32 bits per heavy atom. The first-order valence-electron chi connectivity index (χ1n) is 5.59. The molecule has 7 heteroatoms. The Hall–Kier alpha value is -2.17. The molecule has 0 saturated heterocycles. The maximum absolute atomic E-state index is 10.9. The number of nitro benzene ring substituents is 1. The van der Waals surface area contributed by atoms with Crippen LogP contribution in [0.15, 0.2) is 12.1 Å². The molecule has 0 aliphatic carbocycles. The smallest absolute Gasteiger partial charge is 0.275 e. The van der Waals surface area contributed by atoms with Crippen LogP contribution in [0.2, 0.25) is 0 Å². The summed E-state index contributed by atoms with van der Waals surface area (Å²) in [7, 11) is 1.47. The van der Waals surface area contributed by atoms with Crippen molar-refractivity contribution in [1.82, 2.24) is 0 Å². The second kappa shape index (κ2) is 6.68. The zero-order chi connectivity index (χ0) is 14.4. The monoisotopic (exact) mass is 265 g/mol. The number of ether oxygens (including phenoxy) is 1. The Bertz CT molecular complexity index is 510. The molecule has 102 valence electrons. The Morgan fingerprint density at radius 3 is 2.84 bits per heavy atom. The maximum atomic E-state index is 10.9. The Labute approximate surface area is 110 Å². The normalized spacial score (nSPS) is 11.7. The van der Waals surface area contributed by atoms with E-state index in [0.29, 0.717) is 11.3 Å². The molecule has 0 amide bonds. The lowest BCUT2D eigenvalue weighted by Gasteiger charge is -2.14. The summed E-state index contributed by atoms with van der Waals surface area (Å²) in [5, 5.41) is 32.1. The van der Waals surface area contributed by atoms with Crippen molar-refractivity contribution < 1.29 is 14.8 Å². The summed E-state index contributed by atoms with van der Waals surface area (Å²) >= 11 is 0. The summed E-state index contributed by atoms with van der Waals surface area (Å²) in [4.78, 5) is 10.3. The fraction of sp³-hybridized carbons (Fsp3) is 0.417. The van der Waals surface area contributed by atoms with E-state index in [2.05, 4.69) is 5.32 Å². The molecule has 0 spiro atoms. The van der Waals surface area contributed by atoms with Gasteiger partial charge in [-0.3, -0.25) is 10.1 Å². The number of nitrogens with zero attached hydrogens (tertiary/aromatic N) is 2. The molecule has 2 N–H and O–H groups in total. The van der Waals surface area contributed by atoms with Crippen molar-refractivity contribution in [3.8, 4) is 6.07 Å². The maximum Gasteiger partial charge on any atom is 0.275 e. The third-order valence-corrected chi connectivity index (χ3v) is 2.59. The van der Waals surface area contributed by atoms with Gasteiger partial charge >= 0.3 is 0 Å². The van der Waals surface area contributed by atoms with Crippen molar-refractivity contribution in [3.63, 3.8) is 0 Å². The van der Waals surface area contributed by atoms with Gasteiger partial charge in [-0.2, -0.15) is 5.26 Å². The molecule has 0 unspecified atom stereocenters. The van der Waals surface area contributed by atoms with E-state index in [9.17, 15) is 15.2 Å². The summed E-state index contributed by atoms with van der Waals surface area (Å²) in [6, 6.07) is 4.62. The van der Waals surface area contributed by atoms with Gasteiger partial charge in [0.1, 0.15) is 0 Å². The second-order valence-corrected chi connectivity index (χ2v) is 4.03. The van der Waals surface area contributed by atoms with Crippen molar-refractivity contribution in [3.05, 3.63) is 33.4 Å². The lowest BCUT2D eigenvalue weighted by atomic mass is 10.1. The van der Waals surface area contributed by atoms with Crippen molar-refractivity contribution in [2.24, 2.45) is 0 Å². The quantitative estimate of drug-likeness (QED) is 0.590. The fourth-order valence-electron chi connectivity index (χ4n) is 1.62. The van der Waals surface area contributed by atoms with E-state index in [4.69, 9.17) is 10.00 Å². The average molecular weight is 265 g/mol. The van der Waals surface area contributed by atoms with Gasteiger partial charge in [0.2, 0.25) is 0 Å². The lowest BCUT2D eigenvalue weighted by molar-refractivity contribution is -0.385. The van der Waals surface area contributed by atoms with Crippen molar-refractivity contribution in [2.45, 2.75) is 13.0 Å². The summed E-state index contributed by atoms with van der Waals surface area (Å²) in [5.41, 5.74) is 0.957. The minimum absolute atomic E-state index is 0.122. The van der Waals surface area contributed by atoms with E-state index in [0.717, 1.165) is 0 Å². The molecule has 1 aromatic carbocycles. The highest BCUT2D eigenvalue weighted by atomic mass is 16.6. The minimum Gasteiger partial charge on any atom is -0.389 e. The van der Waals surface area contributed by atoms with Crippen LogP contribution >= 0.6 is 0 Å². The van der Waals surface area contributed by atoms with Crippen LogP contribution in [-0.4, -0.2) is 36.4 Å². The molecule has 0 bridgehead atoms. The van der Waals surface area contributed by atoms with E-state index in [1.807, 2.05) is 6.07 Å². The highest BCUT2D eigenvalue weighted by Crippen LogP contribution is 2.27. The van der Waals surface area contributed by atoms with Crippen LogP contribution in [0.3, 0.4) is 0 Å². The summed E-state index contributed by atoms with van der Waals surface area (Å²) < 4.78 is 4.78. The molecule has 0 aromatic heterocycles. The molecule has 1 aromatic rings. The van der Waals surface area contributed by atoms with Gasteiger partial charge in [0, 0.05) is 31.0 Å². The molecule has 0 radical (unpaired) electrons. The number of nitrogens with one attached hydrogen (secondary N) is 1. The van der Waals surface area contributed by atoms with E-state index in [-0.39, 0.29) is 24.4 Å². The second-order valence-electron chi connectivity index (χ2n) is 4.03. The van der Waals surface area contributed by atoms with Crippen LogP contribution in [0, 0.1) is 28.4 Å². The van der Waals surface area contributed by atoms with Crippen LogP contribution in [0.1, 0.15) is 11.1 Å². The first kappa shape index (κ1) is 14.9. The van der Waals surface area contributed by atoms with Gasteiger partial charge in [-0.05, 0) is 13.0 Å². The Morgan fingerprint density at radius 1 is 1.63 bits per heavy atom. The first-order valence-corrected chi connectivity index (χ1v) is 5.59. The number of aliphatic hydroxyl groups is 1. The molecule has 0 saturated carbocycles. The number of nitro groups is 1. The molecular weight excluding hydrogens is 250 g/mol. The van der Waals surface area contributed by atoms with Gasteiger partial charge in [0.05, 0.1) is 29.3 Å². The topological polar surface area (TPSA) is 108 Å². The van der Waals surface area contributed by atoms with Crippen LogP contribution < -0.4 is 5.32 Å². The number of nitriles is 1. The van der Waals surface area contributed by atoms with E-state index >= 15 is 0 Å². The molecule has 1 atom stereocenters. The minimum atomic E-state index is -0.728. The zero-order valence-corrected chi connectivity index (χ0v) is 10.7. The van der Waals surface area contributed by atoms with Crippen LogP contribution in [0.4, 0.5) is 11.4 Å². The van der Waals surface area contributed by atoms with Crippen molar-refractivity contribution >= 4 is 11.4 Å². The van der Waals surface area contributed by atoms with E-state index in [1.54, 1.807) is 6.92 Å². The predicted octanol–water partition coefficient (Wildman–Crippen LogP) is 1.19. The van der Waals surface area contributed by atoms with Crippen LogP contribution in [-0.2, 0) is 4.74 Å². The van der Waals surface area contributed by atoms with Crippen LogP contribution in [0.5, 0.6) is 0 Å². The van der Waals surface area contributed by atoms with Gasteiger partial charge in [-0.25, -0.2) is 0 Å². The number of hydrogen-bond acceptors (Lipinski definition) is 6. The highest BCUT2D eigenvalue weighted by molar-refractivity contribution is 5.64. The number of benzene rings is 1. The molecule has 0 aliphatic rings. The molecular formula is C12H15N3O4. The standard InChI is InChI=1S/C12H15N3O4/c1-8-11(14-6-10(16)7-19-2)3-9(5-13)4-12(8)15(17)18/h3-4,10,14,16H,6-7H2,1-2H3/t10-/m0/s1. The van der Waals surface area contributed by atoms with Gasteiger partial charge in [0.25, 0.3) is 5.69 Å². The predicted molar refractivity (Wildman–Crippen MR) is 68.9 cm³/mol. The van der Waals surface area contributed by atoms with E-state index in [1.165, 1.54) is 19.2 Å². The van der Waals surface area contributed by atoms with Crippen LogP contribution in [0.25, 0.3) is 0 Å². The number of anilines is 1. The zero-order valence-electron chi connectivity index (χ0n) is 10.7. The molecule has 0 aliphatic heterocycles. The number of rotatable bonds is 6. The fourth-order valence-corrected chi connectivity index (χ4v) is 1.62. The summed E-state index contributed by atoms with van der Waals surface area (Å²) in [5.74, 6) is 0. The lowest BCUT2D eigenvalue weighted by Crippen LogP contribution is -2.24. The third kappa shape index (κ3) is 3.91. The molecule has 0 fully saturated rings. The van der Waals surface area contributed by atoms with Gasteiger partial charge in [-0.1, -0.05) is 0 Å².